The quantitative estimate of drug-likeness (QED) is 0.779. The molecule has 1 aromatic rings. The maximum absolute atomic E-state index is 10.8. The molecule has 1 aromatic heterocycles. The lowest BCUT2D eigenvalue weighted by Gasteiger charge is -2.42. The predicted octanol–water partition coefficient (Wildman–Crippen LogP) is 2.18. The average Bonchev–Trinajstić information content (AvgIpc) is 2.53. The Labute approximate surface area is 106 Å². The van der Waals surface area contributed by atoms with Gasteiger partial charge in [-0.3, -0.25) is 0 Å². The van der Waals surface area contributed by atoms with Gasteiger partial charge >= 0.3 is 0 Å². The number of aliphatic hydroxyl groups is 1. The molecule has 0 radical (unpaired) electrons. The third kappa shape index (κ3) is 1.86. The molecule has 3 rings (SSSR count). The molecule has 2 saturated heterocycles. The van der Waals surface area contributed by atoms with E-state index < -0.39 is 5.60 Å². The van der Waals surface area contributed by atoms with E-state index in [1.54, 1.807) is 12.3 Å². The summed E-state index contributed by atoms with van der Waals surface area (Å²) < 4.78 is 0. The second-order valence-electron chi connectivity index (χ2n) is 5.36. The molecule has 2 aliphatic rings. The van der Waals surface area contributed by atoms with E-state index in [9.17, 15) is 5.11 Å². The van der Waals surface area contributed by atoms with Gasteiger partial charge < -0.3 is 10.0 Å². The van der Waals surface area contributed by atoms with Gasteiger partial charge in [0.2, 0.25) is 0 Å². The predicted molar refractivity (Wildman–Crippen MR) is 67.0 cm³/mol. The zero-order valence-electron chi connectivity index (χ0n) is 9.93. The highest BCUT2D eigenvalue weighted by molar-refractivity contribution is 6.29. The molecule has 2 atom stereocenters. The van der Waals surface area contributed by atoms with Crippen molar-refractivity contribution >= 4 is 11.6 Å². The molecule has 2 aliphatic heterocycles. The molecule has 92 valence electrons. The minimum absolute atomic E-state index is 0.480. The van der Waals surface area contributed by atoms with Gasteiger partial charge in [0.05, 0.1) is 5.60 Å². The Morgan fingerprint density at radius 1 is 1.35 bits per heavy atom. The number of rotatable bonds is 1. The first kappa shape index (κ1) is 11.5. The number of hydrogen-bond donors (Lipinski definition) is 1. The maximum Gasteiger partial charge on any atom is 0.129 e. The van der Waals surface area contributed by atoms with Crippen LogP contribution >= 0.6 is 11.6 Å². The van der Waals surface area contributed by atoms with E-state index in [1.807, 2.05) is 6.07 Å². The first-order chi connectivity index (χ1) is 8.08. The fourth-order valence-corrected chi connectivity index (χ4v) is 3.44. The van der Waals surface area contributed by atoms with Gasteiger partial charge in [-0.25, -0.2) is 4.98 Å². The van der Waals surface area contributed by atoms with Gasteiger partial charge in [-0.2, -0.15) is 0 Å². The van der Waals surface area contributed by atoms with Gasteiger partial charge in [-0.1, -0.05) is 17.7 Å². The van der Waals surface area contributed by atoms with Crippen molar-refractivity contribution in [2.45, 2.75) is 43.4 Å². The average molecular weight is 253 g/mol. The van der Waals surface area contributed by atoms with Crippen molar-refractivity contribution in [3.05, 3.63) is 29.0 Å². The summed E-state index contributed by atoms with van der Waals surface area (Å²) in [7, 11) is 2.17. The van der Waals surface area contributed by atoms with E-state index in [0.717, 1.165) is 18.4 Å². The van der Waals surface area contributed by atoms with Crippen LogP contribution in [0.15, 0.2) is 18.3 Å². The number of aromatic nitrogens is 1. The first-order valence-electron chi connectivity index (χ1n) is 6.15. The van der Waals surface area contributed by atoms with Crippen molar-refractivity contribution in [2.75, 3.05) is 7.05 Å². The molecule has 0 aliphatic carbocycles. The Balaban J connectivity index is 1.90. The lowest BCUT2D eigenvalue weighted by atomic mass is 9.81. The third-order valence-electron chi connectivity index (χ3n) is 4.40. The maximum atomic E-state index is 10.8. The molecule has 0 spiro atoms. The van der Waals surface area contributed by atoms with Crippen LogP contribution < -0.4 is 0 Å². The monoisotopic (exact) mass is 252 g/mol. The van der Waals surface area contributed by atoms with Gasteiger partial charge in [0.25, 0.3) is 0 Å². The van der Waals surface area contributed by atoms with Crippen molar-refractivity contribution in [1.29, 1.82) is 0 Å². The molecule has 0 aromatic carbocycles. The summed E-state index contributed by atoms with van der Waals surface area (Å²) >= 11 is 5.79. The Morgan fingerprint density at radius 2 is 2.00 bits per heavy atom. The van der Waals surface area contributed by atoms with Gasteiger partial charge in [0.15, 0.2) is 0 Å². The second kappa shape index (κ2) is 3.94. The number of fused-ring (bicyclic) bond motifs is 2. The topological polar surface area (TPSA) is 36.4 Å². The highest BCUT2D eigenvalue weighted by atomic mass is 35.5. The van der Waals surface area contributed by atoms with E-state index in [0.29, 0.717) is 17.2 Å². The minimum atomic E-state index is -0.712. The van der Waals surface area contributed by atoms with E-state index in [4.69, 9.17) is 11.6 Å². The fraction of sp³-hybridized carbons (Fsp3) is 0.615. The molecule has 17 heavy (non-hydrogen) atoms. The van der Waals surface area contributed by atoms with Crippen LogP contribution in [0.25, 0.3) is 0 Å². The molecule has 3 heterocycles. The van der Waals surface area contributed by atoms with Crippen molar-refractivity contribution in [3.8, 4) is 0 Å². The normalized spacial score (nSPS) is 37.4. The minimum Gasteiger partial charge on any atom is -0.385 e. The Morgan fingerprint density at radius 3 is 2.53 bits per heavy atom. The first-order valence-corrected chi connectivity index (χ1v) is 6.53. The summed E-state index contributed by atoms with van der Waals surface area (Å²) in [6.45, 7) is 0. The summed E-state index contributed by atoms with van der Waals surface area (Å²) in [4.78, 5) is 6.50. The molecule has 4 heteroatoms. The molecular formula is C13H17ClN2O. The van der Waals surface area contributed by atoms with Gasteiger partial charge in [0.1, 0.15) is 5.15 Å². The van der Waals surface area contributed by atoms with Crippen molar-refractivity contribution < 1.29 is 5.11 Å². The van der Waals surface area contributed by atoms with E-state index in [2.05, 4.69) is 16.9 Å². The van der Waals surface area contributed by atoms with Crippen LogP contribution in [0.5, 0.6) is 0 Å². The summed E-state index contributed by atoms with van der Waals surface area (Å²) in [6, 6.07) is 4.68. The van der Waals surface area contributed by atoms with Crippen LogP contribution in [0, 0.1) is 0 Å². The van der Waals surface area contributed by atoms with Crippen molar-refractivity contribution in [2.24, 2.45) is 0 Å². The fourth-order valence-electron chi connectivity index (χ4n) is 3.33. The molecule has 2 fully saturated rings. The Kier molecular flexibility index (Phi) is 2.65. The van der Waals surface area contributed by atoms with Crippen LogP contribution in [-0.4, -0.2) is 34.1 Å². The standard InChI is InChI=1S/C13H17ClN2O/c1-16-10-3-4-11(16)7-13(17,6-10)9-2-5-12(14)15-8-9/h2,5,8,10-11,17H,3-4,6-7H2,1H3/t10-,11-/m0/s1. The van der Waals surface area contributed by atoms with Crippen LogP contribution in [0.2, 0.25) is 5.15 Å². The Bertz CT molecular complexity index is 406. The van der Waals surface area contributed by atoms with Crippen LogP contribution in [0.3, 0.4) is 0 Å². The highest BCUT2D eigenvalue weighted by Gasteiger charge is 2.46. The number of halogens is 1. The molecule has 1 N–H and O–H groups in total. The SMILES string of the molecule is CN1[C@H]2CC[C@H]1CC(O)(c1ccc(Cl)nc1)C2. The summed E-state index contributed by atoms with van der Waals surface area (Å²) in [6.07, 6.45) is 5.73. The number of nitrogens with zero attached hydrogens (tertiary/aromatic N) is 2. The third-order valence-corrected chi connectivity index (χ3v) is 4.62. The zero-order chi connectivity index (χ0) is 12.0. The largest absolute Gasteiger partial charge is 0.385 e. The van der Waals surface area contributed by atoms with Crippen LogP contribution in [0.1, 0.15) is 31.2 Å². The summed E-state index contributed by atoms with van der Waals surface area (Å²) in [5, 5.41) is 11.3. The molecular weight excluding hydrogens is 236 g/mol. The molecule has 0 unspecified atom stereocenters. The van der Waals surface area contributed by atoms with Crippen molar-refractivity contribution in [1.82, 2.24) is 9.88 Å². The molecule has 3 nitrogen and oxygen atoms in total. The summed E-state index contributed by atoms with van der Waals surface area (Å²) in [5.41, 5.74) is 0.197. The second-order valence-corrected chi connectivity index (χ2v) is 5.75. The van der Waals surface area contributed by atoms with E-state index in [1.165, 1.54) is 12.8 Å². The number of piperidine rings is 1. The highest BCUT2D eigenvalue weighted by Crippen LogP contribution is 2.44. The van der Waals surface area contributed by atoms with Gasteiger partial charge in [-0.05, 0) is 38.8 Å². The zero-order valence-corrected chi connectivity index (χ0v) is 10.7. The molecule has 0 amide bonds. The van der Waals surface area contributed by atoms with Crippen molar-refractivity contribution in [3.63, 3.8) is 0 Å². The van der Waals surface area contributed by atoms with Crippen LogP contribution in [-0.2, 0) is 5.60 Å². The smallest absolute Gasteiger partial charge is 0.129 e. The van der Waals surface area contributed by atoms with Crippen LogP contribution in [0.4, 0.5) is 0 Å². The van der Waals surface area contributed by atoms with Gasteiger partial charge in [-0.15, -0.1) is 0 Å². The molecule has 0 saturated carbocycles. The van der Waals surface area contributed by atoms with E-state index in [-0.39, 0.29) is 0 Å². The van der Waals surface area contributed by atoms with E-state index >= 15 is 0 Å². The lowest BCUT2D eigenvalue weighted by molar-refractivity contribution is -0.0495. The van der Waals surface area contributed by atoms with Gasteiger partial charge in [0, 0.05) is 23.8 Å². The number of hydrogen-bond acceptors (Lipinski definition) is 3. The summed E-state index contributed by atoms with van der Waals surface area (Å²) in [5.74, 6) is 0. The molecule has 2 bridgehead atoms. The lowest BCUT2D eigenvalue weighted by Crippen LogP contribution is -2.47. The Hall–Kier alpha value is -0.640. The number of pyridine rings is 1.